The van der Waals surface area contributed by atoms with E-state index in [2.05, 4.69) is 15.3 Å². The number of carbonyl (C=O) groups is 1. The van der Waals surface area contributed by atoms with Crippen molar-refractivity contribution in [2.45, 2.75) is 32.6 Å². The Hall–Kier alpha value is -2.32. The minimum atomic E-state index is -3.25. The van der Waals surface area contributed by atoms with E-state index in [0.29, 0.717) is 16.4 Å². The van der Waals surface area contributed by atoms with Crippen molar-refractivity contribution in [1.29, 1.82) is 0 Å². The topological polar surface area (TPSA) is 89.0 Å². The Morgan fingerprint density at radius 2 is 1.77 bits per heavy atom. The Balaban J connectivity index is 1.90. The molecule has 1 N–H and O–H groups in total. The van der Waals surface area contributed by atoms with Gasteiger partial charge < -0.3 is 5.32 Å². The number of nitrogens with zero attached hydrogens (tertiary/aromatic N) is 2. The van der Waals surface area contributed by atoms with Crippen LogP contribution in [0.1, 0.15) is 33.7 Å². The van der Waals surface area contributed by atoms with Crippen LogP contribution in [0, 0.1) is 20.8 Å². The summed E-state index contributed by atoms with van der Waals surface area (Å²) in [4.78, 5) is 23.1. The molecular formula is C18H19N3O3S2. The summed E-state index contributed by atoms with van der Waals surface area (Å²) in [7, 11) is -3.25. The van der Waals surface area contributed by atoms with Crippen molar-refractivity contribution >= 4 is 43.0 Å². The van der Waals surface area contributed by atoms with E-state index < -0.39 is 9.84 Å². The molecule has 0 spiro atoms. The second-order valence-corrected chi connectivity index (χ2v) is 9.25. The summed E-state index contributed by atoms with van der Waals surface area (Å²) in [5, 5.41) is 3.73. The number of aromatic nitrogens is 2. The van der Waals surface area contributed by atoms with Crippen molar-refractivity contribution in [2.75, 3.05) is 11.1 Å². The first-order valence-electron chi connectivity index (χ1n) is 8.11. The summed E-state index contributed by atoms with van der Waals surface area (Å²) < 4.78 is 23.7. The lowest BCUT2D eigenvalue weighted by molar-refractivity contribution is 0.103. The smallest absolute Gasteiger partial charge is 0.266 e. The monoisotopic (exact) mass is 389 g/mol. The molecule has 8 heteroatoms. The molecule has 3 rings (SSSR count). The van der Waals surface area contributed by atoms with Crippen LogP contribution >= 0.6 is 11.3 Å². The predicted octanol–water partition coefficient (Wildman–Crippen LogP) is 3.66. The molecule has 3 aromatic rings. The Labute approximate surface area is 156 Å². The van der Waals surface area contributed by atoms with E-state index in [1.807, 2.05) is 20.8 Å². The van der Waals surface area contributed by atoms with Gasteiger partial charge in [-0.1, -0.05) is 6.92 Å². The molecule has 26 heavy (non-hydrogen) atoms. The molecule has 136 valence electrons. The van der Waals surface area contributed by atoms with Gasteiger partial charge in [-0.3, -0.25) is 4.79 Å². The Bertz CT molecular complexity index is 1100. The molecule has 1 amide bonds. The van der Waals surface area contributed by atoms with E-state index >= 15 is 0 Å². The zero-order valence-corrected chi connectivity index (χ0v) is 16.6. The molecule has 1 aromatic carbocycles. The van der Waals surface area contributed by atoms with Crippen LogP contribution in [0.15, 0.2) is 29.2 Å². The number of nitrogens with one attached hydrogen (secondary N) is 1. The number of sulfone groups is 1. The summed E-state index contributed by atoms with van der Waals surface area (Å²) in [5.41, 5.74) is 2.25. The molecule has 0 saturated carbocycles. The quantitative estimate of drug-likeness (QED) is 0.735. The van der Waals surface area contributed by atoms with Crippen LogP contribution in [0.2, 0.25) is 0 Å². The SMILES string of the molecule is CCS(=O)(=O)c1ccc(NC(=O)c2sc3nc(C)nc(C)c3c2C)cc1. The van der Waals surface area contributed by atoms with Gasteiger partial charge in [0.05, 0.1) is 15.5 Å². The zero-order valence-electron chi connectivity index (χ0n) is 15.0. The minimum Gasteiger partial charge on any atom is -0.321 e. The van der Waals surface area contributed by atoms with Gasteiger partial charge in [0, 0.05) is 16.8 Å². The first kappa shape index (κ1) is 18.5. The molecule has 0 radical (unpaired) electrons. The maximum atomic E-state index is 12.7. The Morgan fingerprint density at radius 3 is 2.38 bits per heavy atom. The molecule has 0 fully saturated rings. The van der Waals surface area contributed by atoms with Crippen molar-refractivity contribution in [3.8, 4) is 0 Å². The first-order chi connectivity index (χ1) is 12.2. The number of fused-ring (bicyclic) bond motifs is 1. The highest BCUT2D eigenvalue weighted by molar-refractivity contribution is 7.91. The van der Waals surface area contributed by atoms with Crippen LogP contribution in [0.3, 0.4) is 0 Å². The second-order valence-electron chi connectivity index (χ2n) is 5.97. The number of amides is 1. The van der Waals surface area contributed by atoms with E-state index in [9.17, 15) is 13.2 Å². The third kappa shape index (κ3) is 3.34. The number of aryl methyl sites for hydroxylation is 3. The lowest BCUT2D eigenvalue weighted by atomic mass is 10.1. The number of hydrogen-bond acceptors (Lipinski definition) is 6. The molecule has 2 aromatic heterocycles. The summed E-state index contributed by atoms with van der Waals surface area (Å²) in [6.07, 6.45) is 0. The molecule has 0 aliphatic heterocycles. The van der Waals surface area contributed by atoms with Crippen LogP contribution in [0.4, 0.5) is 5.69 Å². The van der Waals surface area contributed by atoms with Crippen molar-refractivity contribution in [1.82, 2.24) is 9.97 Å². The van der Waals surface area contributed by atoms with Gasteiger partial charge in [0.15, 0.2) is 9.84 Å². The molecule has 6 nitrogen and oxygen atoms in total. The maximum absolute atomic E-state index is 12.7. The molecule has 0 saturated heterocycles. The first-order valence-corrected chi connectivity index (χ1v) is 10.6. The largest absolute Gasteiger partial charge is 0.321 e. The molecule has 0 atom stereocenters. The van der Waals surface area contributed by atoms with Crippen molar-refractivity contribution in [3.63, 3.8) is 0 Å². The van der Waals surface area contributed by atoms with Gasteiger partial charge in [-0.2, -0.15) is 0 Å². The van der Waals surface area contributed by atoms with Gasteiger partial charge in [-0.05, 0) is 50.6 Å². The van der Waals surface area contributed by atoms with Gasteiger partial charge in [-0.25, -0.2) is 18.4 Å². The number of anilines is 1. The molecule has 0 unspecified atom stereocenters. The average molecular weight is 390 g/mol. The van der Waals surface area contributed by atoms with Crippen LogP contribution in [0.25, 0.3) is 10.2 Å². The number of benzene rings is 1. The van der Waals surface area contributed by atoms with E-state index in [-0.39, 0.29) is 16.6 Å². The minimum absolute atomic E-state index is 0.0412. The molecule has 2 heterocycles. The zero-order chi connectivity index (χ0) is 19.1. The summed E-state index contributed by atoms with van der Waals surface area (Å²) in [5.74, 6) is 0.476. The fraction of sp³-hybridized carbons (Fsp3) is 0.278. The number of thiophene rings is 1. The van der Waals surface area contributed by atoms with Crippen molar-refractivity contribution in [3.05, 3.63) is 46.2 Å². The van der Waals surface area contributed by atoms with Gasteiger partial charge in [-0.15, -0.1) is 11.3 Å². The average Bonchev–Trinajstić information content (AvgIpc) is 2.92. The van der Waals surface area contributed by atoms with Gasteiger partial charge in [0.2, 0.25) is 0 Å². The van der Waals surface area contributed by atoms with Gasteiger partial charge in [0.1, 0.15) is 10.7 Å². The van der Waals surface area contributed by atoms with Crippen LogP contribution < -0.4 is 5.32 Å². The predicted molar refractivity (Wildman–Crippen MR) is 104 cm³/mol. The maximum Gasteiger partial charge on any atom is 0.266 e. The van der Waals surface area contributed by atoms with Crippen LogP contribution in [-0.4, -0.2) is 30.0 Å². The summed E-state index contributed by atoms with van der Waals surface area (Å²) in [6.45, 7) is 7.22. The fourth-order valence-electron chi connectivity index (χ4n) is 2.79. The highest BCUT2D eigenvalue weighted by atomic mass is 32.2. The van der Waals surface area contributed by atoms with Crippen molar-refractivity contribution in [2.24, 2.45) is 0 Å². The van der Waals surface area contributed by atoms with E-state index in [4.69, 9.17) is 0 Å². The standard InChI is InChI=1S/C18H19N3O3S2/c1-5-26(23,24)14-8-6-13(7-9-14)21-17(22)16-10(2)15-11(3)19-12(4)20-18(15)25-16/h6-9H,5H2,1-4H3,(H,21,22). The fourth-order valence-corrected chi connectivity index (χ4v) is 4.85. The van der Waals surface area contributed by atoms with E-state index in [1.54, 1.807) is 19.1 Å². The number of rotatable bonds is 4. The molecule has 0 aliphatic carbocycles. The normalized spacial score (nSPS) is 11.7. The lowest BCUT2D eigenvalue weighted by Gasteiger charge is -2.06. The molecule has 0 bridgehead atoms. The Kier molecular flexibility index (Phi) is 4.81. The summed E-state index contributed by atoms with van der Waals surface area (Å²) >= 11 is 1.33. The highest BCUT2D eigenvalue weighted by Gasteiger charge is 2.19. The molecular weight excluding hydrogens is 370 g/mol. The van der Waals surface area contributed by atoms with Gasteiger partial charge >= 0.3 is 0 Å². The third-order valence-corrected chi connectivity index (χ3v) is 7.08. The van der Waals surface area contributed by atoms with Crippen LogP contribution in [-0.2, 0) is 9.84 Å². The lowest BCUT2D eigenvalue weighted by Crippen LogP contribution is -2.11. The van der Waals surface area contributed by atoms with Crippen LogP contribution in [0.5, 0.6) is 0 Å². The number of hydrogen-bond donors (Lipinski definition) is 1. The highest BCUT2D eigenvalue weighted by Crippen LogP contribution is 2.31. The van der Waals surface area contributed by atoms with E-state index in [1.165, 1.54) is 23.5 Å². The summed E-state index contributed by atoms with van der Waals surface area (Å²) in [6, 6.07) is 6.20. The third-order valence-electron chi connectivity index (χ3n) is 4.14. The second kappa shape index (κ2) is 6.77. The van der Waals surface area contributed by atoms with Gasteiger partial charge in [0.25, 0.3) is 5.91 Å². The number of carbonyl (C=O) groups excluding carboxylic acids is 1. The van der Waals surface area contributed by atoms with Crippen molar-refractivity contribution < 1.29 is 13.2 Å². The molecule has 0 aliphatic rings. The Morgan fingerprint density at radius 1 is 1.12 bits per heavy atom. The van der Waals surface area contributed by atoms with E-state index in [0.717, 1.165) is 21.5 Å².